The maximum absolute atomic E-state index is 12.4. The molecule has 0 spiro atoms. The van der Waals surface area contributed by atoms with E-state index in [1.165, 1.54) is 0 Å². The van der Waals surface area contributed by atoms with Gasteiger partial charge in [-0.3, -0.25) is 14.5 Å². The number of halogens is 1. The van der Waals surface area contributed by atoms with Crippen LogP contribution in [0.15, 0.2) is 89.4 Å². The van der Waals surface area contributed by atoms with Gasteiger partial charge >= 0.3 is 5.97 Å². The molecule has 29 heavy (non-hydrogen) atoms. The van der Waals surface area contributed by atoms with E-state index < -0.39 is 5.97 Å². The molecule has 0 radical (unpaired) electrons. The number of carbonyl (C=O) groups excluding carboxylic acids is 2. The molecule has 0 saturated heterocycles. The molecule has 0 N–H and O–H groups in total. The summed E-state index contributed by atoms with van der Waals surface area (Å²) in [5.74, 6) is -0.633. The van der Waals surface area contributed by atoms with Gasteiger partial charge < -0.3 is 4.74 Å². The van der Waals surface area contributed by atoms with Gasteiger partial charge in [0.2, 0.25) is 0 Å². The Morgan fingerprint density at radius 1 is 0.759 bits per heavy atom. The van der Waals surface area contributed by atoms with Crippen LogP contribution >= 0.6 is 15.9 Å². The number of ketones is 1. The van der Waals surface area contributed by atoms with Gasteiger partial charge in [-0.05, 0) is 23.3 Å². The molecule has 0 unspecified atom stereocenters. The number of ether oxygens (including phenoxy) is 1. The first kappa shape index (κ1) is 21.0. The van der Waals surface area contributed by atoms with Crippen molar-refractivity contribution < 1.29 is 14.3 Å². The van der Waals surface area contributed by atoms with E-state index in [9.17, 15) is 9.59 Å². The van der Waals surface area contributed by atoms with Crippen molar-refractivity contribution in [1.82, 2.24) is 4.90 Å². The standard InChI is InChI=1S/C24H22BrNO3/c25-22-13-11-21(12-14-22)23(27)18-29-24(28)17-26(15-19-7-3-1-4-8-19)16-20-9-5-2-6-10-20/h1-14H,15-18H2. The summed E-state index contributed by atoms with van der Waals surface area (Å²) < 4.78 is 6.14. The fourth-order valence-corrected chi connectivity index (χ4v) is 3.21. The Hall–Kier alpha value is -2.76. The van der Waals surface area contributed by atoms with Crippen LogP contribution in [-0.4, -0.2) is 29.8 Å². The van der Waals surface area contributed by atoms with Crippen LogP contribution in [0.5, 0.6) is 0 Å². The SMILES string of the molecule is O=C(CN(Cc1ccccc1)Cc1ccccc1)OCC(=O)c1ccc(Br)cc1. The number of esters is 1. The molecular weight excluding hydrogens is 430 g/mol. The van der Waals surface area contributed by atoms with Crippen molar-refractivity contribution in [3.63, 3.8) is 0 Å². The molecule has 3 aromatic carbocycles. The van der Waals surface area contributed by atoms with Gasteiger partial charge in [-0.2, -0.15) is 0 Å². The minimum atomic E-state index is -0.415. The predicted molar refractivity (Wildman–Crippen MR) is 116 cm³/mol. The summed E-state index contributed by atoms with van der Waals surface area (Å²) in [6.45, 7) is 1.08. The molecule has 5 heteroatoms. The third kappa shape index (κ3) is 6.97. The maximum atomic E-state index is 12.4. The predicted octanol–water partition coefficient (Wildman–Crippen LogP) is 4.88. The normalized spacial score (nSPS) is 10.7. The maximum Gasteiger partial charge on any atom is 0.320 e. The molecule has 4 nitrogen and oxygen atoms in total. The van der Waals surface area contributed by atoms with Crippen LogP contribution in [0.2, 0.25) is 0 Å². The lowest BCUT2D eigenvalue weighted by atomic mass is 10.1. The Kier molecular flexibility index (Phi) is 7.73. The van der Waals surface area contributed by atoms with Gasteiger partial charge in [0.05, 0.1) is 6.54 Å². The van der Waals surface area contributed by atoms with Crippen molar-refractivity contribution in [1.29, 1.82) is 0 Å². The minimum absolute atomic E-state index is 0.109. The quantitative estimate of drug-likeness (QED) is 0.343. The van der Waals surface area contributed by atoms with E-state index in [0.717, 1.165) is 15.6 Å². The Labute approximate surface area is 179 Å². The smallest absolute Gasteiger partial charge is 0.320 e. The van der Waals surface area contributed by atoms with Gasteiger partial charge in [0, 0.05) is 23.1 Å². The lowest BCUT2D eigenvalue weighted by Gasteiger charge is -2.21. The highest BCUT2D eigenvalue weighted by atomic mass is 79.9. The van der Waals surface area contributed by atoms with Gasteiger partial charge in [0.1, 0.15) is 0 Å². The van der Waals surface area contributed by atoms with E-state index in [4.69, 9.17) is 4.74 Å². The summed E-state index contributed by atoms with van der Waals surface area (Å²) in [4.78, 5) is 26.6. The van der Waals surface area contributed by atoms with E-state index in [0.29, 0.717) is 18.7 Å². The van der Waals surface area contributed by atoms with Gasteiger partial charge in [-0.1, -0.05) is 88.7 Å². The van der Waals surface area contributed by atoms with Crippen molar-refractivity contribution in [2.45, 2.75) is 13.1 Å². The topological polar surface area (TPSA) is 46.6 Å². The molecule has 148 valence electrons. The zero-order chi connectivity index (χ0) is 20.5. The largest absolute Gasteiger partial charge is 0.456 e. The molecule has 3 aromatic rings. The fourth-order valence-electron chi connectivity index (χ4n) is 2.94. The monoisotopic (exact) mass is 451 g/mol. The van der Waals surface area contributed by atoms with Crippen molar-refractivity contribution >= 4 is 27.7 Å². The van der Waals surface area contributed by atoms with Gasteiger partial charge in [-0.15, -0.1) is 0 Å². The second-order valence-electron chi connectivity index (χ2n) is 6.71. The lowest BCUT2D eigenvalue weighted by molar-refractivity contribution is -0.144. The van der Waals surface area contributed by atoms with Crippen LogP contribution in [0.4, 0.5) is 0 Å². The average molecular weight is 452 g/mol. The van der Waals surface area contributed by atoms with Crippen LogP contribution in [0.1, 0.15) is 21.5 Å². The number of hydrogen-bond acceptors (Lipinski definition) is 4. The molecule has 0 saturated carbocycles. The first-order valence-corrected chi connectivity index (χ1v) is 10.1. The molecule has 0 aliphatic rings. The molecule has 0 aliphatic heterocycles. The third-order valence-electron chi connectivity index (χ3n) is 4.38. The summed E-state index contributed by atoms with van der Waals surface area (Å²) in [7, 11) is 0. The molecule has 0 atom stereocenters. The van der Waals surface area contributed by atoms with Crippen LogP contribution in [0.25, 0.3) is 0 Å². The van der Waals surface area contributed by atoms with Gasteiger partial charge in [0.25, 0.3) is 0 Å². The average Bonchev–Trinajstić information content (AvgIpc) is 2.74. The summed E-state index contributed by atoms with van der Waals surface area (Å²) in [6.07, 6.45) is 0. The molecule has 0 fully saturated rings. The van der Waals surface area contributed by atoms with Crippen LogP contribution in [-0.2, 0) is 22.6 Å². The van der Waals surface area contributed by atoms with Crippen molar-refractivity contribution in [3.05, 3.63) is 106 Å². The summed E-state index contributed by atoms with van der Waals surface area (Å²) in [5, 5.41) is 0. The van der Waals surface area contributed by atoms with Crippen LogP contribution < -0.4 is 0 Å². The Morgan fingerprint density at radius 3 is 1.79 bits per heavy atom. The second kappa shape index (κ2) is 10.7. The van der Waals surface area contributed by atoms with Gasteiger partial charge in [0.15, 0.2) is 12.4 Å². The highest BCUT2D eigenvalue weighted by molar-refractivity contribution is 9.10. The number of hydrogen-bond donors (Lipinski definition) is 0. The van der Waals surface area contributed by atoms with Crippen LogP contribution in [0.3, 0.4) is 0 Å². The van der Waals surface area contributed by atoms with Crippen molar-refractivity contribution in [2.24, 2.45) is 0 Å². The van der Waals surface area contributed by atoms with Crippen molar-refractivity contribution in [2.75, 3.05) is 13.2 Å². The van der Waals surface area contributed by atoms with Crippen molar-refractivity contribution in [3.8, 4) is 0 Å². The van der Waals surface area contributed by atoms with E-state index in [2.05, 4.69) is 15.9 Å². The molecule has 0 amide bonds. The highest BCUT2D eigenvalue weighted by Crippen LogP contribution is 2.12. The molecule has 0 aliphatic carbocycles. The first-order valence-electron chi connectivity index (χ1n) is 9.35. The van der Waals surface area contributed by atoms with Gasteiger partial charge in [-0.25, -0.2) is 0 Å². The molecule has 3 rings (SSSR count). The summed E-state index contributed by atoms with van der Waals surface area (Å²) in [6, 6.07) is 26.9. The molecule has 0 aromatic heterocycles. The fraction of sp³-hybridized carbons (Fsp3) is 0.167. The summed E-state index contributed by atoms with van der Waals surface area (Å²) in [5.41, 5.74) is 2.75. The van der Waals surface area contributed by atoms with E-state index >= 15 is 0 Å². The zero-order valence-corrected chi connectivity index (χ0v) is 17.5. The zero-order valence-electron chi connectivity index (χ0n) is 16.0. The lowest BCUT2D eigenvalue weighted by Crippen LogP contribution is -2.31. The summed E-state index contributed by atoms with van der Waals surface area (Å²) >= 11 is 3.34. The Balaban J connectivity index is 1.59. The highest BCUT2D eigenvalue weighted by Gasteiger charge is 2.15. The molecular formula is C24H22BrNO3. The number of carbonyl (C=O) groups is 2. The first-order chi connectivity index (χ1) is 14.1. The Morgan fingerprint density at radius 2 is 1.28 bits per heavy atom. The van der Waals surface area contributed by atoms with E-state index in [-0.39, 0.29) is 18.9 Å². The third-order valence-corrected chi connectivity index (χ3v) is 4.91. The van der Waals surface area contributed by atoms with E-state index in [1.54, 1.807) is 24.3 Å². The minimum Gasteiger partial charge on any atom is -0.456 e. The van der Waals surface area contributed by atoms with E-state index in [1.807, 2.05) is 65.6 Å². The Bertz CT molecular complexity index is 886. The second-order valence-corrected chi connectivity index (χ2v) is 7.62. The molecule has 0 heterocycles. The number of nitrogens with zero attached hydrogens (tertiary/aromatic N) is 1. The number of benzene rings is 3. The number of Topliss-reactive ketones (excluding diaryl/α,β-unsaturated/α-hetero) is 1. The number of rotatable bonds is 9. The molecule has 0 bridgehead atoms. The van der Waals surface area contributed by atoms with Crippen LogP contribution in [0, 0.1) is 0 Å².